The Labute approximate surface area is 125 Å². The van der Waals surface area contributed by atoms with Crippen molar-refractivity contribution in [3.05, 3.63) is 0 Å². The minimum atomic E-state index is -0.193. The molecule has 1 heterocycles. The first-order chi connectivity index (χ1) is 10.1. The van der Waals surface area contributed by atoms with Gasteiger partial charge in [-0.1, -0.05) is 6.92 Å². The van der Waals surface area contributed by atoms with Gasteiger partial charge in [-0.25, -0.2) is 0 Å². The Balaban J connectivity index is 2.15. The van der Waals surface area contributed by atoms with E-state index in [1.165, 1.54) is 4.90 Å². The zero-order valence-corrected chi connectivity index (χ0v) is 12.9. The lowest BCUT2D eigenvalue weighted by atomic mass is 10.1. The van der Waals surface area contributed by atoms with E-state index in [4.69, 9.17) is 9.47 Å². The first-order valence-electron chi connectivity index (χ1n) is 7.52. The summed E-state index contributed by atoms with van der Waals surface area (Å²) in [6.07, 6.45) is 2.28. The number of hydrogen-bond acceptors (Lipinski definition) is 5. The third-order valence-corrected chi connectivity index (χ3v) is 3.62. The van der Waals surface area contributed by atoms with Crippen LogP contribution in [0.1, 0.15) is 39.0 Å². The first kappa shape index (κ1) is 17.8. The van der Waals surface area contributed by atoms with Gasteiger partial charge in [0.2, 0.25) is 11.8 Å². The van der Waals surface area contributed by atoms with Gasteiger partial charge in [-0.3, -0.25) is 19.3 Å². The summed E-state index contributed by atoms with van der Waals surface area (Å²) in [5.41, 5.74) is 0. The van der Waals surface area contributed by atoms with Gasteiger partial charge in [-0.2, -0.15) is 0 Å². The molecule has 0 aromatic rings. The van der Waals surface area contributed by atoms with Gasteiger partial charge in [0, 0.05) is 45.4 Å². The highest BCUT2D eigenvalue weighted by atomic mass is 16.5. The number of hydrogen-bond donors (Lipinski definition) is 0. The zero-order valence-electron chi connectivity index (χ0n) is 12.9. The average molecular weight is 299 g/mol. The molecule has 0 aromatic heterocycles. The van der Waals surface area contributed by atoms with Gasteiger partial charge < -0.3 is 9.47 Å². The molecule has 2 amide bonds. The summed E-state index contributed by atoms with van der Waals surface area (Å²) in [7, 11) is 1.61. The van der Waals surface area contributed by atoms with Crippen LogP contribution in [0.25, 0.3) is 0 Å². The summed E-state index contributed by atoms with van der Waals surface area (Å²) in [5, 5.41) is 0. The number of Topliss-reactive ketones (excluding diaryl/α,β-unsaturated/α-hetero) is 1. The topological polar surface area (TPSA) is 72.9 Å². The highest BCUT2D eigenvalue weighted by Crippen LogP contribution is 2.22. The molecule has 1 aliphatic heterocycles. The van der Waals surface area contributed by atoms with Gasteiger partial charge in [0.1, 0.15) is 5.78 Å². The van der Waals surface area contributed by atoms with E-state index in [1.807, 2.05) is 6.92 Å². The second-order valence-corrected chi connectivity index (χ2v) is 5.19. The highest BCUT2D eigenvalue weighted by molar-refractivity contribution is 6.03. The van der Waals surface area contributed by atoms with E-state index in [0.717, 1.165) is 0 Å². The predicted octanol–water partition coefficient (Wildman–Crippen LogP) is 1.17. The molecule has 6 nitrogen and oxygen atoms in total. The molecule has 0 aromatic carbocycles. The van der Waals surface area contributed by atoms with Crippen LogP contribution in [-0.2, 0) is 23.9 Å². The van der Waals surface area contributed by atoms with Crippen molar-refractivity contribution in [2.24, 2.45) is 5.92 Å². The highest BCUT2D eigenvalue weighted by Gasteiger charge is 2.36. The SMILES string of the molecule is CCC1CC(=O)N(CCC(=O)CCCOCCOC)C1=O. The largest absolute Gasteiger partial charge is 0.382 e. The molecule has 21 heavy (non-hydrogen) atoms. The van der Waals surface area contributed by atoms with Gasteiger partial charge in [0.15, 0.2) is 0 Å². The van der Waals surface area contributed by atoms with E-state index in [2.05, 4.69) is 0 Å². The lowest BCUT2D eigenvalue weighted by Gasteiger charge is -2.14. The van der Waals surface area contributed by atoms with Gasteiger partial charge in [-0.05, 0) is 12.8 Å². The fourth-order valence-electron chi connectivity index (χ4n) is 2.28. The van der Waals surface area contributed by atoms with Crippen LogP contribution >= 0.6 is 0 Å². The molecular weight excluding hydrogens is 274 g/mol. The normalized spacial score (nSPS) is 18.6. The van der Waals surface area contributed by atoms with Gasteiger partial charge in [0.25, 0.3) is 0 Å². The van der Waals surface area contributed by atoms with Crippen molar-refractivity contribution in [3.8, 4) is 0 Å². The molecule has 6 heteroatoms. The van der Waals surface area contributed by atoms with Crippen LogP contribution in [0.15, 0.2) is 0 Å². The maximum atomic E-state index is 11.9. The Morgan fingerprint density at radius 1 is 1.24 bits per heavy atom. The minimum Gasteiger partial charge on any atom is -0.382 e. The molecule has 1 rings (SSSR count). The first-order valence-corrected chi connectivity index (χ1v) is 7.52. The number of ketones is 1. The molecule has 1 aliphatic rings. The average Bonchev–Trinajstić information content (AvgIpc) is 2.75. The lowest BCUT2D eigenvalue weighted by Crippen LogP contribution is -2.32. The van der Waals surface area contributed by atoms with Crippen molar-refractivity contribution in [1.29, 1.82) is 0 Å². The van der Waals surface area contributed by atoms with E-state index < -0.39 is 0 Å². The number of nitrogens with zero attached hydrogens (tertiary/aromatic N) is 1. The number of likely N-dealkylation sites (tertiary alicyclic amines) is 1. The Hall–Kier alpha value is -1.27. The molecular formula is C15H25NO5. The van der Waals surface area contributed by atoms with Crippen LogP contribution in [0.4, 0.5) is 0 Å². The van der Waals surface area contributed by atoms with Crippen molar-refractivity contribution in [2.45, 2.75) is 39.0 Å². The number of amides is 2. The molecule has 1 fully saturated rings. The van der Waals surface area contributed by atoms with E-state index in [0.29, 0.717) is 39.1 Å². The smallest absolute Gasteiger partial charge is 0.232 e. The summed E-state index contributed by atoms with van der Waals surface area (Å²) < 4.78 is 10.1. The maximum absolute atomic E-state index is 11.9. The summed E-state index contributed by atoms with van der Waals surface area (Å²) in [5.74, 6) is -0.409. The molecule has 0 bridgehead atoms. The van der Waals surface area contributed by atoms with E-state index >= 15 is 0 Å². The Bertz CT molecular complexity index is 369. The summed E-state index contributed by atoms with van der Waals surface area (Å²) in [6, 6.07) is 0. The van der Waals surface area contributed by atoms with Crippen LogP contribution in [0.2, 0.25) is 0 Å². The van der Waals surface area contributed by atoms with Crippen LogP contribution in [0.5, 0.6) is 0 Å². The Kier molecular flexibility index (Phi) is 8.15. The lowest BCUT2D eigenvalue weighted by molar-refractivity contribution is -0.139. The molecule has 0 aliphatic carbocycles. The molecule has 0 spiro atoms. The summed E-state index contributed by atoms with van der Waals surface area (Å²) in [4.78, 5) is 36.5. The molecule has 1 unspecified atom stereocenters. The second kappa shape index (κ2) is 9.63. The number of ether oxygens (including phenoxy) is 2. The monoisotopic (exact) mass is 299 g/mol. The van der Waals surface area contributed by atoms with Crippen molar-refractivity contribution in [1.82, 2.24) is 4.90 Å². The zero-order chi connectivity index (χ0) is 15.7. The van der Waals surface area contributed by atoms with Gasteiger partial charge in [-0.15, -0.1) is 0 Å². The number of rotatable bonds is 11. The third kappa shape index (κ3) is 5.93. The Morgan fingerprint density at radius 3 is 2.62 bits per heavy atom. The standard InChI is InChI=1S/C15H25NO5/c1-3-12-11-14(18)16(15(12)19)7-6-13(17)5-4-8-21-10-9-20-2/h12H,3-11H2,1-2H3. The quantitative estimate of drug-likeness (QED) is 0.423. The second-order valence-electron chi connectivity index (χ2n) is 5.19. The molecule has 0 N–H and O–H groups in total. The number of carbonyl (C=O) groups excluding carboxylic acids is 3. The van der Waals surface area contributed by atoms with Crippen LogP contribution in [0, 0.1) is 5.92 Å². The molecule has 0 saturated carbocycles. The van der Waals surface area contributed by atoms with E-state index in [-0.39, 0.29) is 42.9 Å². The summed E-state index contributed by atoms with van der Waals surface area (Å²) in [6.45, 7) is 3.71. The van der Waals surface area contributed by atoms with Gasteiger partial charge in [0.05, 0.1) is 13.2 Å². The van der Waals surface area contributed by atoms with Crippen LogP contribution < -0.4 is 0 Å². The third-order valence-electron chi connectivity index (χ3n) is 3.62. The van der Waals surface area contributed by atoms with Crippen molar-refractivity contribution < 1.29 is 23.9 Å². The molecule has 1 saturated heterocycles. The molecule has 0 radical (unpaired) electrons. The number of carbonyl (C=O) groups is 3. The fraction of sp³-hybridized carbons (Fsp3) is 0.800. The van der Waals surface area contributed by atoms with Crippen molar-refractivity contribution in [3.63, 3.8) is 0 Å². The fourth-order valence-corrected chi connectivity index (χ4v) is 2.28. The van der Waals surface area contributed by atoms with E-state index in [1.54, 1.807) is 7.11 Å². The minimum absolute atomic E-state index is 0.0610. The molecule has 120 valence electrons. The van der Waals surface area contributed by atoms with E-state index in [9.17, 15) is 14.4 Å². The van der Waals surface area contributed by atoms with Crippen molar-refractivity contribution in [2.75, 3.05) is 33.5 Å². The summed E-state index contributed by atoms with van der Waals surface area (Å²) >= 11 is 0. The number of methoxy groups -OCH3 is 1. The Morgan fingerprint density at radius 2 is 2.00 bits per heavy atom. The van der Waals surface area contributed by atoms with Crippen molar-refractivity contribution >= 4 is 17.6 Å². The number of imide groups is 1. The maximum Gasteiger partial charge on any atom is 0.232 e. The predicted molar refractivity (Wildman–Crippen MR) is 76.7 cm³/mol. The molecule has 1 atom stereocenters. The van der Waals surface area contributed by atoms with Gasteiger partial charge >= 0.3 is 0 Å². The van der Waals surface area contributed by atoms with Crippen LogP contribution in [0.3, 0.4) is 0 Å². The van der Waals surface area contributed by atoms with Crippen LogP contribution in [-0.4, -0.2) is 56.0 Å².